The molecule has 1 aromatic heterocycles. The zero-order valence-corrected chi connectivity index (χ0v) is 14.7. The third-order valence-electron chi connectivity index (χ3n) is 2.87. The molecular weight excluding hydrogens is 356 g/mol. The van der Waals surface area contributed by atoms with Gasteiger partial charge in [0.1, 0.15) is 0 Å². The van der Waals surface area contributed by atoms with E-state index in [-0.39, 0.29) is 11.9 Å². The number of amides is 1. The molecular formula is C14H15BrN2OS2. The Balaban J connectivity index is 2.19. The van der Waals surface area contributed by atoms with Crippen LogP contribution in [0.3, 0.4) is 0 Å². The van der Waals surface area contributed by atoms with Crippen molar-refractivity contribution >= 4 is 45.8 Å². The van der Waals surface area contributed by atoms with Crippen LogP contribution in [0.2, 0.25) is 0 Å². The minimum Gasteiger partial charge on any atom is -0.345 e. The maximum Gasteiger partial charge on any atom is 0.252 e. The van der Waals surface area contributed by atoms with E-state index < -0.39 is 0 Å². The highest BCUT2D eigenvalue weighted by atomic mass is 79.9. The molecule has 1 heterocycles. The zero-order chi connectivity index (χ0) is 14.9. The minimum atomic E-state index is -0.120. The number of nitrogens with zero attached hydrogens (tertiary/aromatic N) is 1. The van der Waals surface area contributed by atoms with Crippen molar-refractivity contribution in [3.8, 4) is 0 Å². The summed E-state index contributed by atoms with van der Waals surface area (Å²) in [5.74, 6) is -0.120. The average molecular weight is 371 g/mol. The van der Waals surface area contributed by atoms with Crippen LogP contribution in [0.15, 0.2) is 27.6 Å². The van der Waals surface area contributed by atoms with Crippen LogP contribution in [0, 0.1) is 13.8 Å². The molecule has 1 amide bonds. The van der Waals surface area contributed by atoms with Crippen molar-refractivity contribution in [3.63, 3.8) is 0 Å². The molecule has 0 bridgehead atoms. The van der Waals surface area contributed by atoms with E-state index in [1.54, 1.807) is 17.4 Å². The molecule has 0 fully saturated rings. The molecule has 1 N–H and O–H groups in total. The second-order valence-corrected chi connectivity index (χ2v) is 7.15. The summed E-state index contributed by atoms with van der Waals surface area (Å²) in [6.45, 7) is 5.90. The summed E-state index contributed by atoms with van der Waals surface area (Å²) >= 11 is 9.27. The van der Waals surface area contributed by atoms with Gasteiger partial charge in [0.15, 0.2) is 0 Å². The van der Waals surface area contributed by atoms with Crippen molar-refractivity contribution in [1.29, 1.82) is 0 Å². The summed E-state index contributed by atoms with van der Waals surface area (Å²) in [6, 6.07) is 5.35. The van der Waals surface area contributed by atoms with E-state index in [2.05, 4.69) is 38.9 Å². The fourth-order valence-corrected chi connectivity index (χ4v) is 3.54. The lowest BCUT2D eigenvalue weighted by Crippen LogP contribution is -2.26. The first kappa shape index (κ1) is 15.5. The fraction of sp³-hybridized carbons (Fsp3) is 0.286. The highest BCUT2D eigenvalue weighted by Crippen LogP contribution is 2.26. The van der Waals surface area contributed by atoms with Crippen LogP contribution in [-0.4, -0.2) is 10.9 Å². The highest BCUT2D eigenvalue weighted by molar-refractivity contribution is 9.10. The topological polar surface area (TPSA) is 42.0 Å². The molecule has 0 aliphatic carbocycles. The molecule has 1 atom stereocenters. The number of benzene rings is 1. The van der Waals surface area contributed by atoms with Crippen molar-refractivity contribution in [3.05, 3.63) is 43.8 Å². The molecule has 6 heteroatoms. The number of carbonyl (C=O) groups excluding carboxylic acids is 1. The molecule has 0 spiro atoms. The largest absolute Gasteiger partial charge is 0.345 e. The van der Waals surface area contributed by atoms with Crippen molar-refractivity contribution < 1.29 is 4.79 Å². The van der Waals surface area contributed by atoms with Crippen LogP contribution in [0.5, 0.6) is 0 Å². The van der Waals surface area contributed by atoms with Crippen molar-refractivity contribution in [2.24, 2.45) is 0 Å². The van der Waals surface area contributed by atoms with Gasteiger partial charge in [0.25, 0.3) is 5.91 Å². The van der Waals surface area contributed by atoms with E-state index in [1.165, 1.54) is 0 Å². The van der Waals surface area contributed by atoms with Gasteiger partial charge < -0.3 is 5.32 Å². The van der Waals surface area contributed by atoms with Gasteiger partial charge in [0.05, 0.1) is 22.3 Å². The number of aryl methyl sites for hydroxylation is 2. The Hall–Kier alpha value is -0.850. The number of thiazole rings is 1. The van der Waals surface area contributed by atoms with Crippen LogP contribution >= 0.6 is 39.9 Å². The molecule has 0 saturated carbocycles. The lowest BCUT2D eigenvalue weighted by molar-refractivity contribution is 0.0939. The third kappa shape index (κ3) is 3.42. The molecule has 0 aliphatic rings. The second kappa shape index (κ2) is 6.28. The van der Waals surface area contributed by atoms with Gasteiger partial charge in [-0.3, -0.25) is 4.79 Å². The fourth-order valence-electron chi connectivity index (χ4n) is 1.98. The Kier molecular flexibility index (Phi) is 4.88. The molecule has 2 rings (SSSR count). The Labute approximate surface area is 136 Å². The van der Waals surface area contributed by atoms with E-state index in [9.17, 15) is 4.79 Å². The molecule has 2 aromatic rings. The lowest BCUT2D eigenvalue weighted by atomic mass is 10.2. The number of aromatic nitrogens is 1. The number of rotatable bonds is 3. The van der Waals surface area contributed by atoms with Crippen LogP contribution < -0.4 is 5.32 Å². The molecule has 106 valence electrons. The number of hydrogen-bond donors (Lipinski definition) is 2. The summed E-state index contributed by atoms with van der Waals surface area (Å²) in [5.41, 5.74) is 1.56. The van der Waals surface area contributed by atoms with Crippen LogP contribution in [0.25, 0.3) is 0 Å². The Morgan fingerprint density at radius 2 is 2.15 bits per heavy atom. The number of thiol groups is 1. The Morgan fingerprint density at radius 1 is 1.45 bits per heavy atom. The van der Waals surface area contributed by atoms with Gasteiger partial charge in [-0.2, -0.15) is 0 Å². The van der Waals surface area contributed by atoms with Gasteiger partial charge in [-0.25, -0.2) is 4.98 Å². The van der Waals surface area contributed by atoms with Gasteiger partial charge >= 0.3 is 0 Å². The normalized spacial score (nSPS) is 12.2. The smallest absolute Gasteiger partial charge is 0.252 e. The van der Waals surface area contributed by atoms with E-state index in [0.29, 0.717) is 5.56 Å². The first-order chi connectivity index (χ1) is 9.38. The summed E-state index contributed by atoms with van der Waals surface area (Å²) in [5, 5.41) is 4.01. The van der Waals surface area contributed by atoms with E-state index in [1.807, 2.05) is 32.9 Å². The second-order valence-electron chi connectivity index (χ2n) is 4.54. The predicted octanol–water partition coefficient (Wildman–Crippen LogP) is 4.30. The van der Waals surface area contributed by atoms with Crippen molar-refractivity contribution in [1.82, 2.24) is 10.3 Å². The Bertz CT molecular complexity index is 655. The number of halogens is 1. The predicted molar refractivity (Wildman–Crippen MR) is 88.9 cm³/mol. The standard InChI is InChI=1S/C14H15BrN2OS2/c1-7-13(20-9(3)16-7)8(2)17-14(18)11-6-10(19)4-5-12(11)15/h4-6,8,19H,1-3H3,(H,17,18). The maximum atomic E-state index is 12.3. The molecule has 0 aliphatic heterocycles. The summed E-state index contributed by atoms with van der Waals surface area (Å²) < 4.78 is 0.761. The average Bonchev–Trinajstić information content (AvgIpc) is 2.71. The maximum absolute atomic E-state index is 12.3. The van der Waals surface area contributed by atoms with Gasteiger partial charge in [-0.15, -0.1) is 24.0 Å². The van der Waals surface area contributed by atoms with Gasteiger partial charge in [-0.05, 0) is 54.9 Å². The quantitative estimate of drug-likeness (QED) is 0.790. The lowest BCUT2D eigenvalue weighted by Gasteiger charge is -2.14. The Morgan fingerprint density at radius 3 is 2.75 bits per heavy atom. The van der Waals surface area contributed by atoms with Crippen LogP contribution in [-0.2, 0) is 0 Å². The molecule has 1 aromatic carbocycles. The monoisotopic (exact) mass is 370 g/mol. The zero-order valence-electron chi connectivity index (χ0n) is 11.4. The minimum absolute atomic E-state index is 0.0656. The van der Waals surface area contributed by atoms with E-state index in [4.69, 9.17) is 0 Å². The number of hydrogen-bond acceptors (Lipinski definition) is 4. The van der Waals surface area contributed by atoms with Crippen LogP contribution in [0.4, 0.5) is 0 Å². The van der Waals surface area contributed by atoms with E-state index in [0.717, 1.165) is 24.9 Å². The van der Waals surface area contributed by atoms with Crippen molar-refractivity contribution in [2.45, 2.75) is 31.7 Å². The summed E-state index contributed by atoms with van der Waals surface area (Å²) in [7, 11) is 0. The summed E-state index contributed by atoms with van der Waals surface area (Å²) in [6.07, 6.45) is 0. The highest BCUT2D eigenvalue weighted by Gasteiger charge is 2.17. The third-order valence-corrected chi connectivity index (χ3v) is 5.10. The molecule has 20 heavy (non-hydrogen) atoms. The van der Waals surface area contributed by atoms with Gasteiger partial charge in [0.2, 0.25) is 0 Å². The molecule has 0 radical (unpaired) electrons. The van der Waals surface area contributed by atoms with Crippen LogP contribution in [0.1, 0.15) is 38.9 Å². The SMILES string of the molecule is Cc1nc(C)c(C(C)NC(=O)c2cc(S)ccc2Br)s1. The molecule has 1 unspecified atom stereocenters. The summed E-state index contributed by atoms with van der Waals surface area (Å²) in [4.78, 5) is 18.6. The van der Waals surface area contributed by atoms with E-state index >= 15 is 0 Å². The molecule has 3 nitrogen and oxygen atoms in total. The first-order valence-corrected chi connectivity index (χ1v) is 8.17. The first-order valence-electron chi connectivity index (χ1n) is 6.11. The van der Waals surface area contributed by atoms with Crippen molar-refractivity contribution in [2.75, 3.05) is 0 Å². The van der Waals surface area contributed by atoms with Gasteiger partial charge in [-0.1, -0.05) is 0 Å². The molecule has 0 saturated heterocycles. The van der Waals surface area contributed by atoms with Gasteiger partial charge in [0, 0.05) is 14.2 Å². The number of carbonyl (C=O) groups is 1. The number of nitrogens with one attached hydrogen (secondary N) is 1.